The van der Waals surface area contributed by atoms with E-state index < -0.39 is 35.0 Å². The molecule has 172 valence electrons. The number of benzene rings is 2. The zero-order valence-electron chi connectivity index (χ0n) is 17.7. The second-order valence-electron chi connectivity index (χ2n) is 7.47. The number of anilines is 1. The van der Waals surface area contributed by atoms with Crippen molar-refractivity contribution in [2.45, 2.75) is 32.3 Å². The van der Waals surface area contributed by atoms with Crippen LogP contribution in [0.5, 0.6) is 5.75 Å². The average molecular weight is 450 g/mol. The minimum absolute atomic E-state index is 0.0780. The second kappa shape index (κ2) is 11.0. The summed E-state index contributed by atoms with van der Waals surface area (Å²) < 4.78 is 51.4. The highest BCUT2D eigenvalue weighted by Gasteiger charge is 2.21. The van der Waals surface area contributed by atoms with Crippen LogP contribution in [-0.4, -0.2) is 49.1 Å². The van der Waals surface area contributed by atoms with Gasteiger partial charge < -0.3 is 19.7 Å². The standard InChI is InChI=1S/C23H25F3N2O4/c1-2-11-28(13-20(29)27-19-10-9-18(24)21(25)22(19)26)23(30)15-5-7-16(8-6-15)32-14-17-4-3-12-31-17/h5-10,17H,2-4,11-14H2,1H3,(H,27,29). The maximum absolute atomic E-state index is 13.8. The van der Waals surface area contributed by atoms with Crippen molar-refractivity contribution in [2.75, 3.05) is 31.6 Å². The zero-order valence-corrected chi connectivity index (χ0v) is 17.7. The van der Waals surface area contributed by atoms with Crippen LogP contribution in [-0.2, 0) is 9.53 Å². The highest BCUT2D eigenvalue weighted by atomic mass is 19.2. The van der Waals surface area contributed by atoms with Crippen LogP contribution < -0.4 is 10.1 Å². The summed E-state index contributed by atoms with van der Waals surface area (Å²) in [4.78, 5) is 26.5. The van der Waals surface area contributed by atoms with Crippen LogP contribution in [0.25, 0.3) is 0 Å². The Balaban J connectivity index is 1.60. The van der Waals surface area contributed by atoms with Gasteiger partial charge in [0.25, 0.3) is 5.91 Å². The lowest BCUT2D eigenvalue weighted by Gasteiger charge is -2.22. The first-order valence-electron chi connectivity index (χ1n) is 10.5. The van der Waals surface area contributed by atoms with Crippen LogP contribution in [0.3, 0.4) is 0 Å². The van der Waals surface area contributed by atoms with Crippen molar-refractivity contribution in [3.8, 4) is 5.75 Å². The van der Waals surface area contributed by atoms with E-state index in [1.165, 1.54) is 4.90 Å². The molecule has 1 unspecified atom stereocenters. The Morgan fingerprint density at radius 2 is 1.88 bits per heavy atom. The number of rotatable bonds is 9. The van der Waals surface area contributed by atoms with Crippen molar-refractivity contribution >= 4 is 17.5 Å². The molecule has 1 fully saturated rings. The Labute approximate surface area is 184 Å². The predicted octanol–water partition coefficient (Wildman–Crippen LogP) is 4.15. The molecule has 2 amide bonds. The largest absolute Gasteiger partial charge is 0.491 e. The topological polar surface area (TPSA) is 67.9 Å². The molecule has 32 heavy (non-hydrogen) atoms. The maximum atomic E-state index is 13.8. The highest BCUT2D eigenvalue weighted by molar-refractivity contribution is 5.99. The molecule has 9 heteroatoms. The molecule has 0 aliphatic carbocycles. The number of carbonyl (C=O) groups excluding carboxylic acids is 2. The average Bonchev–Trinajstić information content (AvgIpc) is 3.31. The van der Waals surface area contributed by atoms with Gasteiger partial charge >= 0.3 is 0 Å². The lowest BCUT2D eigenvalue weighted by atomic mass is 10.2. The molecule has 1 atom stereocenters. The molecule has 0 spiro atoms. The van der Waals surface area contributed by atoms with Crippen LogP contribution in [0, 0.1) is 17.5 Å². The summed E-state index contributed by atoms with van der Waals surface area (Å²) in [7, 11) is 0. The van der Waals surface area contributed by atoms with Crippen molar-refractivity contribution in [2.24, 2.45) is 0 Å². The summed E-state index contributed by atoms with van der Waals surface area (Å²) in [5.41, 5.74) is -0.139. The van der Waals surface area contributed by atoms with Gasteiger partial charge in [0, 0.05) is 18.7 Å². The molecule has 6 nitrogen and oxygen atoms in total. The Morgan fingerprint density at radius 3 is 2.53 bits per heavy atom. The van der Waals surface area contributed by atoms with E-state index in [1.54, 1.807) is 24.3 Å². The third-order valence-corrected chi connectivity index (χ3v) is 4.99. The first-order valence-corrected chi connectivity index (χ1v) is 10.5. The van der Waals surface area contributed by atoms with Gasteiger partial charge in [-0.2, -0.15) is 0 Å². The molecular formula is C23H25F3N2O4. The molecule has 1 N–H and O–H groups in total. The fourth-order valence-electron chi connectivity index (χ4n) is 3.35. The quantitative estimate of drug-likeness (QED) is 0.583. The predicted molar refractivity (Wildman–Crippen MR) is 112 cm³/mol. The maximum Gasteiger partial charge on any atom is 0.254 e. The summed E-state index contributed by atoms with van der Waals surface area (Å²) >= 11 is 0. The molecule has 2 aromatic rings. The van der Waals surface area contributed by atoms with Gasteiger partial charge in [0.05, 0.1) is 11.8 Å². The minimum atomic E-state index is -1.67. The molecule has 3 rings (SSSR count). The smallest absolute Gasteiger partial charge is 0.254 e. The minimum Gasteiger partial charge on any atom is -0.491 e. The summed E-state index contributed by atoms with van der Waals surface area (Å²) in [6.07, 6.45) is 2.64. The fourth-order valence-corrected chi connectivity index (χ4v) is 3.35. The lowest BCUT2D eigenvalue weighted by Crippen LogP contribution is -2.38. The summed E-state index contributed by atoms with van der Waals surface area (Å²) in [5, 5.41) is 2.18. The lowest BCUT2D eigenvalue weighted by molar-refractivity contribution is -0.116. The van der Waals surface area contributed by atoms with Gasteiger partial charge in [-0.3, -0.25) is 9.59 Å². The van der Waals surface area contributed by atoms with E-state index in [2.05, 4.69) is 5.32 Å². The Kier molecular flexibility index (Phi) is 8.10. The van der Waals surface area contributed by atoms with Crippen molar-refractivity contribution in [3.05, 3.63) is 59.4 Å². The van der Waals surface area contributed by atoms with E-state index in [9.17, 15) is 22.8 Å². The third kappa shape index (κ3) is 6.00. The van der Waals surface area contributed by atoms with Gasteiger partial charge in [-0.15, -0.1) is 0 Å². The van der Waals surface area contributed by atoms with Crippen LogP contribution in [0.2, 0.25) is 0 Å². The molecule has 1 heterocycles. The van der Waals surface area contributed by atoms with Gasteiger partial charge in [0.2, 0.25) is 5.91 Å². The summed E-state index contributed by atoms with van der Waals surface area (Å²) in [5.74, 6) is -5.04. The van der Waals surface area contributed by atoms with E-state index in [0.29, 0.717) is 30.4 Å². The van der Waals surface area contributed by atoms with Crippen molar-refractivity contribution in [1.82, 2.24) is 4.90 Å². The molecule has 0 saturated carbocycles. The molecule has 2 aromatic carbocycles. The van der Waals surface area contributed by atoms with Gasteiger partial charge in [-0.1, -0.05) is 6.92 Å². The Bertz CT molecular complexity index is 947. The summed E-state index contributed by atoms with van der Waals surface area (Å²) in [6, 6.07) is 8.18. The van der Waals surface area contributed by atoms with E-state index in [1.807, 2.05) is 6.92 Å². The van der Waals surface area contributed by atoms with E-state index in [-0.39, 0.29) is 19.2 Å². The van der Waals surface area contributed by atoms with Gasteiger partial charge in [-0.25, -0.2) is 13.2 Å². The second-order valence-corrected chi connectivity index (χ2v) is 7.47. The van der Waals surface area contributed by atoms with Gasteiger partial charge in [-0.05, 0) is 55.7 Å². The fraction of sp³-hybridized carbons (Fsp3) is 0.391. The SMILES string of the molecule is CCCN(CC(=O)Nc1ccc(F)c(F)c1F)C(=O)c1ccc(OCC2CCCO2)cc1. The molecule has 0 bridgehead atoms. The molecule has 0 aromatic heterocycles. The normalized spacial score (nSPS) is 15.4. The van der Waals surface area contributed by atoms with E-state index >= 15 is 0 Å². The number of carbonyl (C=O) groups is 2. The van der Waals surface area contributed by atoms with Crippen LogP contribution in [0.4, 0.5) is 18.9 Å². The van der Waals surface area contributed by atoms with Crippen molar-refractivity contribution < 1.29 is 32.2 Å². The molecule has 1 aliphatic rings. The number of hydrogen-bond acceptors (Lipinski definition) is 4. The molecule has 0 radical (unpaired) electrons. The van der Waals surface area contributed by atoms with E-state index in [4.69, 9.17) is 9.47 Å². The Morgan fingerprint density at radius 1 is 1.12 bits per heavy atom. The molecule has 1 aliphatic heterocycles. The third-order valence-electron chi connectivity index (χ3n) is 4.99. The molecule has 1 saturated heterocycles. The number of nitrogens with zero attached hydrogens (tertiary/aromatic N) is 1. The Hall–Kier alpha value is -3.07. The summed E-state index contributed by atoms with van der Waals surface area (Å²) in [6.45, 7) is 2.93. The van der Waals surface area contributed by atoms with Crippen LogP contribution in [0.15, 0.2) is 36.4 Å². The number of hydrogen-bond donors (Lipinski definition) is 1. The first kappa shape index (κ1) is 23.6. The van der Waals surface area contributed by atoms with Gasteiger partial charge in [0.1, 0.15) is 18.9 Å². The van der Waals surface area contributed by atoms with E-state index in [0.717, 1.165) is 25.5 Å². The van der Waals surface area contributed by atoms with Crippen LogP contribution >= 0.6 is 0 Å². The number of halogens is 3. The monoisotopic (exact) mass is 450 g/mol. The van der Waals surface area contributed by atoms with Crippen molar-refractivity contribution in [1.29, 1.82) is 0 Å². The number of nitrogens with one attached hydrogen (secondary N) is 1. The van der Waals surface area contributed by atoms with Gasteiger partial charge in [0.15, 0.2) is 17.5 Å². The number of amides is 2. The zero-order chi connectivity index (χ0) is 23.1. The first-order chi connectivity index (χ1) is 15.4. The molecular weight excluding hydrogens is 425 g/mol. The number of ether oxygens (including phenoxy) is 2. The highest BCUT2D eigenvalue weighted by Crippen LogP contribution is 2.20. The van der Waals surface area contributed by atoms with Crippen molar-refractivity contribution in [3.63, 3.8) is 0 Å². The van der Waals surface area contributed by atoms with Crippen LogP contribution in [0.1, 0.15) is 36.5 Å².